The van der Waals surface area contributed by atoms with Crippen LogP contribution in [0.25, 0.3) is 0 Å². The van der Waals surface area contributed by atoms with E-state index in [2.05, 4.69) is 9.99 Å². The first-order valence-electron chi connectivity index (χ1n) is 8.13. The summed E-state index contributed by atoms with van der Waals surface area (Å²) in [5.74, 6) is -0.562. The van der Waals surface area contributed by atoms with Crippen LogP contribution in [0.3, 0.4) is 0 Å². The minimum absolute atomic E-state index is 0. The number of rotatable bonds is 7. The van der Waals surface area contributed by atoms with Gasteiger partial charge in [-0.1, -0.05) is 13.8 Å². The van der Waals surface area contributed by atoms with Gasteiger partial charge in [-0.15, -0.1) is 0 Å². The van der Waals surface area contributed by atoms with Gasteiger partial charge in [0.05, 0.1) is 25.4 Å². The van der Waals surface area contributed by atoms with E-state index in [1.807, 2.05) is 13.8 Å². The summed E-state index contributed by atoms with van der Waals surface area (Å²) in [6.07, 6.45) is 3.45. The van der Waals surface area contributed by atoms with Gasteiger partial charge in [0.2, 0.25) is 5.91 Å². The molecule has 1 aliphatic rings. The van der Waals surface area contributed by atoms with Crippen LogP contribution in [-0.4, -0.2) is 48.5 Å². The van der Waals surface area contributed by atoms with Crippen LogP contribution in [0.1, 0.15) is 41.5 Å². The summed E-state index contributed by atoms with van der Waals surface area (Å²) in [6.45, 7) is 5.52. The molecular formula is C15H29N2O8P. The van der Waals surface area contributed by atoms with E-state index in [1.165, 1.54) is 14.0 Å². The fraction of sp³-hybridized carbons (Fsp3) is 0.733. The van der Waals surface area contributed by atoms with Gasteiger partial charge in [-0.25, -0.2) is 10.1 Å². The van der Waals surface area contributed by atoms with E-state index in [9.17, 15) is 9.59 Å². The number of carbonyl (C=O) groups excluding carboxylic acids is 2. The van der Waals surface area contributed by atoms with E-state index in [0.717, 1.165) is 12.8 Å². The average Bonchev–Trinajstić information content (AvgIpc) is 2.61. The fourth-order valence-electron chi connectivity index (χ4n) is 2.53. The van der Waals surface area contributed by atoms with Crippen LogP contribution < -0.4 is 15.9 Å². The summed E-state index contributed by atoms with van der Waals surface area (Å²) < 4.78 is 22.4. The Morgan fingerprint density at radius 2 is 2.04 bits per heavy atom. The molecule has 1 rings (SSSR count). The third-order valence-electron chi connectivity index (χ3n) is 3.78. The minimum atomic E-state index is -3.04. The van der Waals surface area contributed by atoms with Gasteiger partial charge in [0.25, 0.3) is 0 Å². The molecule has 0 aliphatic heterocycles. The maximum Gasteiger partial charge on any atom is 0.521 e. The van der Waals surface area contributed by atoms with Crippen molar-refractivity contribution in [1.82, 2.24) is 5.32 Å². The van der Waals surface area contributed by atoms with Crippen molar-refractivity contribution in [3.8, 4) is 0 Å². The topological polar surface area (TPSA) is 160 Å². The van der Waals surface area contributed by atoms with Gasteiger partial charge in [-0.3, -0.25) is 4.79 Å². The van der Waals surface area contributed by atoms with Crippen LogP contribution in [-0.2, 0) is 28.3 Å². The summed E-state index contributed by atoms with van der Waals surface area (Å²) >= 11 is 0. The van der Waals surface area contributed by atoms with E-state index in [-0.39, 0.29) is 25.5 Å². The zero-order chi connectivity index (χ0) is 20.3. The van der Waals surface area contributed by atoms with Gasteiger partial charge >= 0.3 is 14.2 Å². The van der Waals surface area contributed by atoms with Crippen molar-refractivity contribution in [2.75, 3.05) is 7.11 Å². The molecule has 0 bridgehead atoms. The van der Waals surface area contributed by atoms with E-state index in [1.54, 1.807) is 6.08 Å². The highest BCUT2D eigenvalue weighted by atomic mass is 31.1. The molecule has 1 amide bonds. The molecule has 10 nitrogen and oxygen atoms in total. The van der Waals surface area contributed by atoms with E-state index in [4.69, 9.17) is 29.9 Å². The lowest BCUT2D eigenvalue weighted by Crippen LogP contribution is -2.57. The largest absolute Gasteiger partial charge is 0.565 e. The minimum Gasteiger partial charge on any atom is -0.565 e. The van der Waals surface area contributed by atoms with Crippen molar-refractivity contribution < 1.29 is 39.9 Å². The van der Waals surface area contributed by atoms with Gasteiger partial charge in [0.1, 0.15) is 0 Å². The number of carbonyl (C=O) groups is 2. The molecule has 4 atom stereocenters. The highest BCUT2D eigenvalue weighted by molar-refractivity contribution is 7.30. The molecule has 26 heavy (non-hydrogen) atoms. The molecule has 2 unspecified atom stereocenters. The molecule has 0 spiro atoms. The number of amides is 1. The second kappa shape index (κ2) is 12.9. The van der Waals surface area contributed by atoms with E-state index >= 15 is 0 Å². The monoisotopic (exact) mass is 396 g/mol. The molecule has 0 heterocycles. The third kappa shape index (κ3) is 8.79. The van der Waals surface area contributed by atoms with Crippen molar-refractivity contribution >= 4 is 20.1 Å². The first-order valence-corrected chi connectivity index (χ1v) is 9.22. The Bertz CT molecular complexity index is 516. The normalized spacial score (nSPS) is 22.7. The van der Waals surface area contributed by atoms with Gasteiger partial charge in [0, 0.05) is 24.6 Å². The van der Waals surface area contributed by atoms with Crippen molar-refractivity contribution in [3.63, 3.8) is 0 Å². The number of methoxy groups -OCH3 is 1. The highest BCUT2D eigenvalue weighted by Crippen LogP contribution is 2.23. The molecule has 0 fully saturated rings. The van der Waals surface area contributed by atoms with Crippen LogP contribution in [0, 0.1) is 0 Å². The lowest BCUT2D eigenvalue weighted by molar-refractivity contribution is -0.244. The second-order valence-corrected chi connectivity index (χ2v) is 6.23. The Balaban J connectivity index is 0. The first-order chi connectivity index (χ1) is 12.2. The smallest absolute Gasteiger partial charge is 0.521 e. The van der Waals surface area contributed by atoms with Crippen LogP contribution >= 0.6 is 8.25 Å². The molecule has 152 valence electrons. The van der Waals surface area contributed by atoms with Gasteiger partial charge in [-0.05, 0) is 29.9 Å². The lowest BCUT2D eigenvalue weighted by atomic mass is 9.88. The summed E-state index contributed by atoms with van der Waals surface area (Å²) in [7, 11) is -1.70. The van der Waals surface area contributed by atoms with Crippen molar-refractivity contribution in [2.45, 2.75) is 64.3 Å². The maximum absolute atomic E-state index is 11.7. The van der Waals surface area contributed by atoms with Crippen LogP contribution in [0.15, 0.2) is 11.6 Å². The van der Waals surface area contributed by atoms with Crippen molar-refractivity contribution in [3.05, 3.63) is 11.6 Å². The number of ether oxygens (including phenoxy) is 2. The number of hydrogen-bond acceptors (Lipinski definition) is 9. The quantitative estimate of drug-likeness (QED) is 0.243. The molecule has 11 heteroatoms. The Morgan fingerprint density at radius 3 is 2.42 bits per heavy atom. The molecular weight excluding hydrogens is 367 g/mol. The predicted molar refractivity (Wildman–Crippen MR) is 93.0 cm³/mol. The summed E-state index contributed by atoms with van der Waals surface area (Å²) in [4.78, 5) is 32.0. The number of nitrogens with two attached hydrogens (primary N) is 1. The maximum atomic E-state index is 11.7. The third-order valence-corrected chi connectivity index (χ3v) is 3.91. The van der Waals surface area contributed by atoms with Gasteiger partial charge < -0.3 is 25.4 Å². The zero-order valence-electron chi connectivity index (χ0n) is 15.3. The van der Waals surface area contributed by atoms with Crippen molar-refractivity contribution in [1.29, 1.82) is 0 Å². The Hall–Kier alpha value is -1.42. The summed E-state index contributed by atoms with van der Waals surface area (Å²) in [6, 6.07) is -0.719. The summed E-state index contributed by atoms with van der Waals surface area (Å²) in [5.41, 5.74) is 6.62. The molecule has 0 radical (unpaired) electrons. The number of nitrogens with one attached hydrogen (secondary N) is 1. The van der Waals surface area contributed by atoms with Gasteiger partial charge in [0.15, 0.2) is 0 Å². The Kier molecular flexibility index (Phi) is 12.2. The molecule has 4 N–H and O–H groups in total. The van der Waals surface area contributed by atoms with Gasteiger partial charge in [-0.2, -0.15) is 0 Å². The molecule has 0 aromatic rings. The SMILES string of the molecule is CCC(CC)OC1C=C(C(=O)OC)C[C@H](N)[C@H]1NC(C)=O.O=[P+]([O-])OO.[HH]. The number of esters is 1. The molecule has 0 saturated heterocycles. The lowest BCUT2D eigenvalue weighted by Gasteiger charge is -2.36. The molecule has 0 aromatic heterocycles. The predicted octanol–water partition coefficient (Wildman–Crippen LogP) is 0.635. The van der Waals surface area contributed by atoms with Crippen LogP contribution in [0.2, 0.25) is 0 Å². The zero-order valence-corrected chi connectivity index (χ0v) is 16.2. The first kappa shape index (κ1) is 24.6. The molecule has 0 saturated carbocycles. The number of hydrogen-bond donors (Lipinski definition) is 3. The standard InChI is InChI=1S/C15H26N2O4.HO4P.H2/c1-5-11(6-2)21-13-8-10(15(19)20-4)7-12(16)14(13)17-9(3)18;1-4-5(2)3;/h8,11-14H,5-7,16H2,1-4H3,(H,17,18);1H;1H/t12-,13?,14+;;/m0../s1. The average molecular weight is 396 g/mol. The highest BCUT2D eigenvalue weighted by Gasteiger charge is 2.35. The van der Waals surface area contributed by atoms with Crippen molar-refractivity contribution in [2.24, 2.45) is 5.73 Å². The van der Waals surface area contributed by atoms with E-state index < -0.39 is 20.3 Å². The van der Waals surface area contributed by atoms with E-state index in [0.29, 0.717) is 12.0 Å². The Morgan fingerprint density at radius 1 is 1.50 bits per heavy atom. The van der Waals surface area contributed by atoms with Crippen LogP contribution in [0.4, 0.5) is 0 Å². The van der Waals surface area contributed by atoms with Crippen LogP contribution in [0.5, 0.6) is 0 Å². The molecule has 0 aromatic carbocycles. The summed E-state index contributed by atoms with van der Waals surface area (Å²) in [5, 5.41) is 9.87. The Labute approximate surface area is 155 Å². The molecule has 1 aliphatic carbocycles. The second-order valence-electron chi connectivity index (χ2n) is 5.62. The fourth-order valence-corrected chi connectivity index (χ4v) is 2.53.